The van der Waals surface area contributed by atoms with Crippen LogP contribution in [0.4, 0.5) is 0 Å². The van der Waals surface area contributed by atoms with E-state index in [-0.39, 0.29) is 17.9 Å². The van der Waals surface area contributed by atoms with Crippen LogP contribution in [0.1, 0.15) is 36.0 Å². The van der Waals surface area contributed by atoms with Gasteiger partial charge in [-0.05, 0) is 62.4 Å². The van der Waals surface area contributed by atoms with Crippen LogP contribution >= 0.6 is 0 Å². The second-order valence-electron chi connectivity index (χ2n) is 7.52. The van der Waals surface area contributed by atoms with Crippen LogP contribution < -0.4 is 15.4 Å². The van der Waals surface area contributed by atoms with E-state index in [1.54, 1.807) is 7.11 Å². The number of nitrogens with one attached hydrogen (secondary N) is 2. The summed E-state index contributed by atoms with van der Waals surface area (Å²) in [5.74, 6) is 1.16. The molecule has 1 aromatic carbocycles. The molecule has 7 heteroatoms. The Bertz CT molecular complexity index is 644. The van der Waals surface area contributed by atoms with Gasteiger partial charge in [0.05, 0.1) is 12.6 Å². The number of ether oxygens (including phenoxy) is 2. The minimum Gasteiger partial charge on any atom is -0.491 e. The van der Waals surface area contributed by atoms with E-state index in [1.807, 2.05) is 29.2 Å². The number of nitrogens with zero attached hydrogens (tertiary/aromatic N) is 1. The molecule has 2 fully saturated rings. The molecular weight excluding hydrogens is 358 g/mol. The van der Waals surface area contributed by atoms with Crippen LogP contribution in [0, 0.1) is 5.92 Å². The van der Waals surface area contributed by atoms with E-state index in [9.17, 15) is 9.59 Å². The van der Waals surface area contributed by atoms with Crippen LogP contribution in [0.5, 0.6) is 5.75 Å². The van der Waals surface area contributed by atoms with Gasteiger partial charge < -0.3 is 25.0 Å². The molecule has 3 rings (SSSR count). The zero-order valence-electron chi connectivity index (χ0n) is 16.6. The number of carbonyl (C=O) groups excluding carboxylic acids is 2. The molecular formula is C21H31N3O4. The minimum atomic E-state index is -0.0500. The molecule has 2 amide bonds. The van der Waals surface area contributed by atoms with Gasteiger partial charge in [-0.25, -0.2) is 0 Å². The summed E-state index contributed by atoms with van der Waals surface area (Å²) >= 11 is 0. The zero-order chi connectivity index (χ0) is 19.8. The van der Waals surface area contributed by atoms with E-state index in [0.29, 0.717) is 37.8 Å². The van der Waals surface area contributed by atoms with E-state index in [0.717, 1.165) is 44.5 Å². The van der Waals surface area contributed by atoms with Crippen LogP contribution in [0.3, 0.4) is 0 Å². The van der Waals surface area contributed by atoms with E-state index in [2.05, 4.69) is 10.6 Å². The van der Waals surface area contributed by atoms with Crippen molar-refractivity contribution in [2.75, 3.05) is 46.5 Å². The maximum absolute atomic E-state index is 12.8. The molecule has 154 valence electrons. The van der Waals surface area contributed by atoms with Gasteiger partial charge in [0.2, 0.25) is 5.91 Å². The molecule has 0 aromatic heterocycles. The lowest BCUT2D eigenvalue weighted by Gasteiger charge is -2.33. The van der Waals surface area contributed by atoms with Crippen LogP contribution in [-0.4, -0.2) is 69.3 Å². The Morgan fingerprint density at radius 2 is 2.00 bits per heavy atom. The highest BCUT2D eigenvalue weighted by atomic mass is 16.5. The summed E-state index contributed by atoms with van der Waals surface area (Å²) < 4.78 is 10.5. The Hall–Kier alpha value is -2.12. The molecule has 0 spiro atoms. The first-order chi connectivity index (χ1) is 13.7. The number of likely N-dealkylation sites (tertiary alicyclic amines) is 1. The van der Waals surface area contributed by atoms with Gasteiger partial charge >= 0.3 is 0 Å². The third-order valence-electron chi connectivity index (χ3n) is 5.41. The molecule has 2 heterocycles. The van der Waals surface area contributed by atoms with Crippen molar-refractivity contribution in [2.45, 2.75) is 31.7 Å². The number of methoxy groups -OCH3 is 1. The number of amides is 2. The third kappa shape index (κ3) is 5.69. The molecule has 2 N–H and O–H groups in total. The van der Waals surface area contributed by atoms with Crippen molar-refractivity contribution in [2.24, 2.45) is 5.92 Å². The standard InChI is InChI=1S/C21H31N3O4/c1-27-12-13-28-18-8-6-17(7-9-18)21(26)24-11-3-4-16(15-24)14-23-20(25)19-5-2-10-22-19/h6-9,16,19,22H,2-5,10-15H2,1H3,(H,23,25). The number of benzene rings is 1. The number of hydrogen-bond acceptors (Lipinski definition) is 5. The van der Waals surface area contributed by atoms with Crippen LogP contribution in [0.25, 0.3) is 0 Å². The maximum Gasteiger partial charge on any atom is 0.253 e. The van der Waals surface area contributed by atoms with Crippen LogP contribution in [0.15, 0.2) is 24.3 Å². The van der Waals surface area contributed by atoms with Crippen molar-refractivity contribution < 1.29 is 19.1 Å². The molecule has 0 saturated carbocycles. The fourth-order valence-corrected chi connectivity index (χ4v) is 3.81. The van der Waals surface area contributed by atoms with Crippen molar-refractivity contribution in [3.05, 3.63) is 29.8 Å². The lowest BCUT2D eigenvalue weighted by atomic mass is 9.97. The lowest BCUT2D eigenvalue weighted by Crippen LogP contribution is -2.46. The fraction of sp³-hybridized carbons (Fsp3) is 0.619. The van der Waals surface area contributed by atoms with Gasteiger partial charge in [0.25, 0.3) is 5.91 Å². The summed E-state index contributed by atoms with van der Waals surface area (Å²) in [6.45, 7) is 4.01. The maximum atomic E-state index is 12.8. The molecule has 28 heavy (non-hydrogen) atoms. The van der Waals surface area contributed by atoms with Crippen molar-refractivity contribution in [1.29, 1.82) is 0 Å². The molecule has 0 aliphatic carbocycles. The topological polar surface area (TPSA) is 79.9 Å². The monoisotopic (exact) mass is 389 g/mol. The van der Waals surface area contributed by atoms with E-state index >= 15 is 0 Å². The smallest absolute Gasteiger partial charge is 0.253 e. The van der Waals surface area contributed by atoms with Gasteiger partial charge in [0, 0.05) is 32.3 Å². The van der Waals surface area contributed by atoms with Crippen molar-refractivity contribution >= 4 is 11.8 Å². The van der Waals surface area contributed by atoms with Crippen LogP contribution in [0.2, 0.25) is 0 Å². The van der Waals surface area contributed by atoms with Crippen LogP contribution in [-0.2, 0) is 9.53 Å². The Kier molecular flexibility index (Phi) is 7.68. The summed E-state index contributed by atoms with van der Waals surface area (Å²) in [5, 5.41) is 6.28. The van der Waals surface area contributed by atoms with Crippen molar-refractivity contribution in [1.82, 2.24) is 15.5 Å². The summed E-state index contributed by atoms with van der Waals surface area (Å²) in [7, 11) is 1.63. The zero-order valence-corrected chi connectivity index (χ0v) is 16.6. The summed E-state index contributed by atoms with van der Waals surface area (Å²) in [4.78, 5) is 26.9. The number of carbonyl (C=O) groups is 2. The first kappa shape index (κ1) is 20.6. The second-order valence-corrected chi connectivity index (χ2v) is 7.52. The lowest BCUT2D eigenvalue weighted by molar-refractivity contribution is -0.123. The minimum absolute atomic E-state index is 0.0388. The summed E-state index contributed by atoms with van der Waals surface area (Å²) in [6.07, 6.45) is 3.97. The van der Waals surface area contributed by atoms with Gasteiger partial charge in [-0.3, -0.25) is 9.59 Å². The SMILES string of the molecule is COCCOc1ccc(C(=O)N2CCCC(CNC(=O)C3CCCN3)C2)cc1. The first-order valence-corrected chi connectivity index (χ1v) is 10.2. The van der Waals surface area contributed by atoms with Gasteiger partial charge in [-0.15, -0.1) is 0 Å². The van der Waals surface area contributed by atoms with E-state index < -0.39 is 0 Å². The Morgan fingerprint density at radius 3 is 2.71 bits per heavy atom. The highest BCUT2D eigenvalue weighted by Crippen LogP contribution is 2.20. The molecule has 2 unspecified atom stereocenters. The Balaban J connectivity index is 1.47. The predicted molar refractivity (Wildman–Crippen MR) is 106 cm³/mol. The molecule has 0 bridgehead atoms. The molecule has 2 saturated heterocycles. The van der Waals surface area contributed by atoms with E-state index in [4.69, 9.17) is 9.47 Å². The average Bonchev–Trinajstić information content (AvgIpc) is 3.27. The summed E-state index contributed by atoms with van der Waals surface area (Å²) in [5.41, 5.74) is 0.666. The third-order valence-corrected chi connectivity index (χ3v) is 5.41. The number of rotatable bonds is 8. The normalized spacial score (nSPS) is 22.1. The van der Waals surface area contributed by atoms with Crippen molar-refractivity contribution in [3.8, 4) is 5.75 Å². The number of hydrogen-bond donors (Lipinski definition) is 2. The number of piperidine rings is 1. The molecule has 7 nitrogen and oxygen atoms in total. The molecule has 2 atom stereocenters. The predicted octanol–water partition coefficient (Wildman–Crippen LogP) is 1.43. The van der Waals surface area contributed by atoms with Gasteiger partial charge in [0.15, 0.2) is 0 Å². The highest BCUT2D eigenvalue weighted by Gasteiger charge is 2.26. The largest absolute Gasteiger partial charge is 0.491 e. The molecule has 1 aromatic rings. The molecule has 0 radical (unpaired) electrons. The molecule has 2 aliphatic rings. The highest BCUT2D eigenvalue weighted by molar-refractivity contribution is 5.94. The fourth-order valence-electron chi connectivity index (χ4n) is 3.81. The van der Waals surface area contributed by atoms with Gasteiger partial charge in [0.1, 0.15) is 12.4 Å². The first-order valence-electron chi connectivity index (χ1n) is 10.2. The molecule has 2 aliphatic heterocycles. The summed E-state index contributed by atoms with van der Waals surface area (Å²) in [6, 6.07) is 7.20. The van der Waals surface area contributed by atoms with Gasteiger partial charge in [-0.2, -0.15) is 0 Å². The second kappa shape index (κ2) is 10.4. The quantitative estimate of drug-likeness (QED) is 0.658. The Morgan fingerprint density at radius 1 is 1.18 bits per heavy atom. The van der Waals surface area contributed by atoms with Gasteiger partial charge in [-0.1, -0.05) is 0 Å². The average molecular weight is 389 g/mol. The van der Waals surface area contributed by atoms with Crippen molar-refractivity contribution in [3.63, 3.8) is 0 Å². The van der Waals surface area contributed by atoms with E-state index in [1.165, 1.54) is 0 Å². The Labute approximate surface area is 166 Å².